The number of rotatable bonds is 6. The van der Waals surface area contributed by atoms with Crippen molar-refractivity contribution >= 4 is 23.2 Å². The molecule has 3 unspecified atom stereocenters. The molecule has 2 N–H and O–H groups in total. The third-order valence-electron chi connectivity index (χ3n) is 8.89. The van der Waals surface area contributed by atoms with Crippen molar-refractivity contribution in [3.63, 3.8) is 0 Å². The number of nitrogens with zero attached hydrogens (tertiary/aromatic N) is 2. The summed E-state index contributed by atoms with van der Waals surface area (Å²) in [5.74, 6) is 0. The molecule has 3 aromatic carbocycles. The fraction of sp³-hybridized carbons (Fsp3) is 0.438. The third-order valence-corrected chi connectivity index (χ3v) is 9.63. The van der Waals surface area contributed by atoms with E-state index in [1.165, 1.54) is 0 Å². The molecule has 12 heteroatoms. The summed E-state index contributed by atoms with van der Waals surface area (Å²) >= 11 is 12.5. The van der Waals surface area contributed by atoms with E-state index in [9.17, 15) is 31.4 Å². The summed E-state index contributed by atoms with van der Waals surface area (Å²) in [6, 6.07) is 15.7. The van der Waals surface area contributed by atoms with Gasteiger partial charge in [0, 0.05) is 51.1 Å². The molecule has 4 nitrogen and oxygen atoms in total. The number of alkyl halides is 6. The molecule has 0 spiro atoms. The van der Waals surface area contributed by atoms with Crippen LogP contribution in [0.25, 0.3) is 0 Å². The van der Waals surface area contributed by atoms with E-state index in [0.29, 0.717) is 48.2 Å². The summed E-state index contributed by atoms with van der Waals surface area (Å²) < 4.78 is 84.5. The lowest BCUT2D eigenvalue weighted by Crippen LogP contribution is -2.64. The second-order valence-corrected chi connectivity index (χ2v) is 12.6. The first-order valence-corrected chi connectivity index (χ1v) is 15.1. The molecule has 2 fully saturated rings. The van der Waals surface area contributed by atoms with Gasteiger partial charge in [-0.3, -0.25) is 9.80 Å². The van der Waals surface area contributed by atoms with E-state index in [-0.39, 0.29) is 31.0 Å². The number of piperidine rings is 1. The van der Waals surface area contributed by atoms with Gasteiger partial charge in [0.1, 0.15) is 0 Å². The number of piperazine rings is 1. The van der Waals surface area contributed by atoms with E-state index in [1.807, 2.05) is 11.0 Å². The van der Waals surface area contributed by atoms with Gasteiger partial charge in [-0.15, -0.1) is 0 Å². The van der Waals surface area contributed by atoms with Crippen LogP contribution < -0.4 is 5.32 Å². The maximum absolute atomic E-state index is 14.1. The average molecular weight is 661 g/mol. The number of hydrogen-bond donors (Lipinski definition) is 2. The van der Waals surface area contributed by atoms with E-state index >= 15 is 0 Å². The lowest BCUT2D eigenvalue weighted by atomic mass is 9.70. The van der Waals surface area contributed by atoms with Crippen LogP contribution in [0.15, 0.2) is 66.7 Å². The molecule has 0 amide bonds. The lowest BCUT2D eigenvalue weighted by molar-refractivity contribution is -0.145. The molecule has 2 heterocycles. The molecular formula is C32H33Cl2F6N3O. The van der Waals surface area contributed by atoms with E-state index < -0.39 is 40.8 Å². The van der Waals surface area contributed by atoms with Gasteiger partial charge >= 0.3 is 12.4 Å². The van der Waals surface area contributed by atoms with E-state index in [0.717, 1.165) is 17.7 Å². The van der Waals surface area contributed by atoms with Crippen molar-refractivity contribution in [1.29, 1.82) is 0 Å². The highest BCUT2D eigenvalue weighted by Gasteiger charge is 2.51. The molecule has 5 rings (SSSR count). The van der Waals surface area contributed by atoms with Crippen LogP contribution in [0.4, 0.5) is 26.3 Å². The van der Waals surface area contributed by atoms with Crippen LogP contribution in [-0.2, 0) is 29.9 Å². The van der Waals surface area contributed by atoms with Gasteiger partial charge in [-0.25, -0.2) is 0 Å². The first-order valence-electron chi connectivity index (χ1n) is 14.3. The Labute approximate surface area is 262 Å². The summed E-state index contributed by atoms with van der Waals surface area (Å²) in [7, 11) is 0. The summed E-state index contributed by atoms with van der Waals surface area (Å²) in [6.07, 6.45) is -10.0. The van der Waals surface area contributed by atoms with Crippen LogP contribution in [0.5, 0.6) is 0 Å². The fourth-order valence-corrected chi connectivity index (χ4v) is 6.93. The Morgan fingerprint density at radius 2 is 1.43 bits per heavy atom. The lowest BCUT2D eigenvalue weighted by Gasteiger charge is -2.56. The summed E-state index contributed by atoms with van der Waals surface area (Å²) in [5.41, 5.74) is -4.53. The van der Waals surface area contributed by atoms with Gasteiger partial charge in [-0.1, -0.05) is 59.6 Å². The highest BCUT2D eigenvalue weighted by Crippen LogP contribution is 2.50. The van der Waals surface area contributed by atoms with Crippen molar-refractivity contribution in [2.45, 2.75) is 55.8 Å². The molecule has 0 radical (unpaired) electrons. The van der Waals surface area contributed by atoms with Crippen LogP contribution in [-0.4, -0.2) is 53.8 Å². The van der Waals surface area contributed by atoms with Gasteiger partial charge in [0.05, 0.1) is 32.9 Å². The molecule has 2 aliphatic heterocycles. The number of hydrogen-bond acceptors (Lipinski definition) is 4. The SMILES string of the molecule is CC1(c2cc(C(F)(F)F)cc(C(F)(F)F)c2)CC(O)(c2ccccc2)CCN1C(Cc1ccc(Cl)c(Cl)c1)N1CCNCC1. The second-order valence-electron chi connectivity index (χ2n) is 11.8. The van der Waals surface area contributed by atoms with Gasteiger partial charge < -0.3 is 10.4 Å². The molecule has 0 aliphatic carbocycles. The van der Waals surface area contributed by atoms with Gasteiger partial charge in [0.2, 0.25) is 0 Å². The molecule has 3 aromatic rings. The van der Waals surface area contributed by atoms with Gasteiger partial charge in [0.15, 0.2) is 0 Å². The smallest absolute Gasteiger partial charge is 0.385 e. The van der Waals surface area contributed by atoms with Crippen LogP contribution >= 0.6 is 23.2 Å². The summed E-state index contributed by atoms with van der Waals surface area (Å²) in [6.45, 7) is 4.39. The molecule has 0 saturated carbocycles. The molecule has 0 aromatic heterocycles. The van der Waals surface area contributed by atoms with E-state index in [1.54, 1.807) is 49.4 Å². The predicted octanol–water partition coefficient (Wildman–Crippen LogP) is 7.70. The number of halogens is 8. The van der Waals surface area contributed by atoms with Crippen LogP contribution in [0.2, 0.25) is 10.0 Å². The van der Waals surface area contributed by atoms with Crippen molar-refractivity contribution in [3.05, 3.63) is 105 Å². The van der Waals surface area contributed by atoms with E-state index in [2.05, 4.69) is 10.2 Å². The Hall–Kier alpha value is -2.34. The molecule has 2 saturated heterocycles. The third kappa shape index (κ3) is 6.90. The van der Waals surface area contributed by atoms with Crippen molar-refractivity contribution in [3.8, 4) is 0 Å². The zero-order chi connectivity index (χ0) is 31.9. The zero-order valence-electron chi connectivity index (χ0n) is 24.0. The molecule has 238 valence electrons. The standard InChI is InChI=1S/C32H33Cl2F6N3O/c1-29(23-17-24(31(35,36)37)19-25(18-23)32(38,39)40)20-30(44,22-5-3-2-4-6-22)9-12-43(29)28(42-13-10-41-11-14-42)16-21-7-8-26(33)27(34)15-21/h2-8,15,17-19,28,41,44H,9-14,16,20H2,1H3. The fourth-order valence-electron chi connectivity index (χ4n) is 6.61. The molecule has 2 aliphatic rings. The molecule has 44 heavy (non-hydrogen) atoms. The maximum atomic E-state index is 14.1. The van der Waals surface area contributed by atoms with Crippen LogP contribution in [0.3, 0.4) is 0 Å². The second kappa shape index (κ2) is 12.5. The minimum absolute atomic E-state index is 0.132. The molecule has 3 atom stereocenters. The summed E-state index contributed by atoms with van der Waals surface area (Å²) in [5, 5.41) is 16.0. The minimum atomic E-state index is -5.01. The quantitative estimate of drug-likeness (QED) is 0.266. The first-order chi connectivity index (χ1) is 20.6. The van der Waals surface area contributed by atoms with Crippen molar-refractivity contribution < 1.29 is 31.4 Å². The van der Waals surface area contributed by atoms with Crippen molar-refractivity contribution in [2.75, 3.05) is 32.7 Å². The molecule has 0 bridgehead atoms. The Morgan fingerprint density at radius 3 is 2.00 bits per heavy atom. The van der Waals surface area contributed by atoms with Crippen molar-refractivity contribution in [2.24, 2.45) is 0 Å². The minimum Gasteiger partial charge on any atom is -0.385 e. The van der Waals surface area contributed by atoms with Crippen LogP contribution in [0.1, 0.15) is 47.6 Å². The number of aliphatic hydroxyl groups is 1. The summed E-state index contributed by atoms with van der Waals surface area (Å²) in [4.78, 5) is 4.15. The highest BCUT2D eigenvalue weighted by molar-refractivity contribution is 6.42. The average Bonchev–Trinajstić information content (AvgIpc) is 2.98. The predicted molar refractivity (Wildman–Crippen MR) is 158 cm³/mol. The van der Waals surface area contributed by atoms with Gasteiger partial charge in [-0.2, -0.15) is 26.3 Å². The highest BCUT2D eigenvalue weighted by atomic mass is 35.5. The zero-order valence-corrected chi connectivity index (χ0v) is 25.5. The first kappa shape index (κ1) is 33.0. The van der Waals surface area contributed by atoms with Gasteiger partial charge in [0.25, 0.3) is 0 Å². The number of nitrogens with one attached hydrogen (secondary N) is 1. The number of benzene rings is 3. The van der Waals surface area contributed by atoms with Crippen molar-refractivity contribution in [1.82, 2.24) is 15.1 Å². The van der Waals surface area contributed by atoms with Gasteiger partial charge in [-0.05, 0) is 60.4 Å². The number of likely N-dealkylation sites (tertiary alicyclic amines) is 1. The largest absolute Gasteiger partial charge is 0.416 e. The Morgan fingerprint density at radius 1 is 0.818 bits per heavy atom. The van der Waals surface area contributed by atoms with E-state index in [4.69, 9.17) is 23.2 Å². The Bertz CT molecular complexity index is 1430. The normalized spacial score (nSPS) is 24.8. The molecular weight excluding hydrogens is 627 g/mol. The Balaban J connectivity index is 1.69. The monoisotopic (exact) mass is 659 g/mol. The Kier molecular flexibility index (Phi) is 9.35. The van der Waals surface area contributed by atoms with Crippen LogP contribution in [0, 0.1) is 0 Å². The maximum Gasteiger partial charge on any atom is 0.416 e. The topological polar surface area (TPSA) is 38.7 Å².